The van der Waals surface area contributed by atoms with Crippen LogP contribution in [0, 0.1) is 22.7 Å². The first-order valence-corrected chi connectivity index (χ1v) is 5.12. The first-order valence-electron chi connectivity index (χ1n) is 5.12. The van der Waals surface area contributed by atoms with Crippen molar-refractivity contribution in [2.45, 2.75) is 19.8 Å². The summed E-state index contributed by atoms with van der Waals surface area (Å²) >= 11 is 0. The van der Waals surface area contributed by atoms with E-state index in [9.17, 15) is 14.4 Å². The fraction of sp³-hybridized carbons (Fsp3) is 0.455. The molecule has 2 unspecified atom stereocenters. The number of amides is 2. The van der Waals surface area contributed by atoms with Gasteiger partial charge in [-0.05, 0) is 19.4 Å². The van der Waals surface area contributed by atoms with E-state index in [2.05, 4.69) is 0 Å². The first kappa shape index (κ1) is 11.3. The number of rotatable bonds is 3. The summed E-state index contributed by atoms with van der Waals surface area (Å²) in [4.78, 5) is 34.9. The number of carbonyl (C=O) groups is 3. The molecule has 6 heteroatoms. The zero-order chi connectivity index (χ0) is 12.8. The number of nitriles is 1. The van der Waals surface area contributed by atoms with Crippen molar-refractivity contribution >= 4 is 17.8 Å². The van der Waals surface area contributed by atoms with Crippen LogP contribution in [0.5, 0.6) is 0 Å². The summed E-state index contributed by atoms with van der Waals surface area (Å²) in [7, 11) is 0. The van der Waals surface area contributed by atoms with Crippen LogP contribution in [-0.2, 0) is 14.4 Å². The second kappa shape index (κ2) is 3.42. The maximum absolute atomic E-state index is 11.9. The van der Waals surface area contributed by atoms with Crippen molar-refractivity contribution < 1.29 is 19.5 Å². The molecule has 1 saturated carbocycles. The molecule has 0 aromatic carbocycles. The highest BCUT2D eigenvalue weighted by Crippen LogP contribution is 2.59. The standard InChI is InChI=1S/C11H10N2O4/c1-11-4-7(11)9(16)13(10(11)17)6(5-12)2-3-8(14)15/h2,7H,3-4H2,1H3,(H,14,15)/b6-2+. The third-order valence-electron chi connectivity index (χ3n) is 3.27. The summed E-state index contributed by atoms with van der Waals surface area (Å²) in [5.41, 5.74) is -0.855. The SMILES string of the molecule is CC12CC1C(=O)N(/C(C#N)=C/CC(=O)O)C2=O. The Balaban J connectivity index is 2.26. The quantitative estimate of drug-likeness (QED) is 0.558. The fourth-order valence-electron chi connectivity index (χ4n) is 2.07. The Labute approximate surface area is 97.1 Å². The van der Waals surface area contributed by atoms with Gasteiger partial charge in [0.25, 0.3) is 0 Å². The van der Waals surface area contributed by atoms with Crippen LogP contribution in [0.4, 0.5) is 0 Å². The Morgan fingerprint density at radius 1 is 1.71 bits per heavy atom. The molecule has 2 rings (SSSR count). The smallest absolute Gasteiger partial charge is 0.307 e. The molecule has 1 aliphatic heterocycles. The normalized spacial score (nSPS) is 31.2. The Bertz CT molecular complexity index is 502. The van der Waals surface area contributed by atoms with E-state index in [0.717, 1.165) is 11.0 Å². The predicted molar refractivity (Wildman–Crippen MR) is 54.0 cm³/mol. The third-order valence-corrected chi connectivity index (χ3v) is 3.27. The molecule has 1 aliphatic carbocycles. The summed E-state index contributed by atoms with van der Waals surface area (Å²) in [6, 6.07) is 1.70. The Morgan fingerprint density at radius 2 is 2.35 bits per heavy atom. The second-order valence-corrected chi connectivity index (χ2v) is 4.45. The lowest BCUT2D eigenvalue weighted by Gasteiger charge is -2.16. The number of piperidine rings is 1. The summed E-state index contributed by atoms with van der Waals surface area (Å²) < 4.78 is 0. The molecule has 2 atom stereocenters. The highest BCUT2D eigenvalue weighted by atomic mass is 16.4. The minimum atomic E-state index is -1.12. The number of allylic oxidation sites excluding steroid dienone is 1. The fourth-order valence-corrected chi connectivity index (χ4v) is 2.07. The lowest BCUT2D eigenvalue weighted by Crippen LogP contribution is -2.33. The van der Waals surface area contributed by atoms with Crippen LogP contribution < -0.4 is 0 Å². The van der Waals surface area contributed by atoms with E-state index in [0.29, 0.717) is 6.42 Å². The highest BCUT2D eigenvalue weighted by Gasteiger charge is 2.69. The van der Waals surface area contributed by atoms with Gasteiger partial charge in [-0.15, -0.1) is 0 Å². The minimum Gasteiger partial charge on any atom is -0.481 e. The lowest BCUT2D eigenvalue weighted by molar-refractivity contribution is -0.140. The lowest BCUT2D eigenvalue weighted by atomic mass is 10.1. The summed E-state index contributed by atoms with van der Waals surface area (Å²) in [6.45, 7) is 1.68. The average molecular weight is 234 g/mol. The number of likely N-dealkylation sites (tertiary alicyclic amines) is 1. The number of carboxylic acids is 1. The monoisotopic (exact) mass is 234 g/mol. The van der Waals surface area contributed by atoms with Gasteiger partial charge in [-0.2, -0.15) is 5.26 Å². The predicted octanol–water partition coefficient (Wildman–Crippen LogP) is 0.264. The number of nitrogens with zero attached hydrogens (tertiary/aromatic N) is 2. The van der Waals surface area contributed by atoms with E-state index < -0.39 is 23.2 Å². The molecule has 2 amide bonds. The Kier molecular flexibility index (Phi) is 2.28. The van der Waals surface area contributed by atoms with Crippen molar-refractivity contribution in [3.8, 4) is 6.07 Å². The molecular weight excluding hydrogens is 224 g/mol. The van der Waals surface area contributed by atoms with Crippen LogP contribution >= 0.6 is 0 Å². The second-order valence-electron chi connectivity index (χ2n) is 4.45. The van der Waals surface area contributed by atoms with Crippen LogP contribution in [0.25, 0.3) is 0 Å². The molecule has 0 radical (unpaired) electrons. The number of carboxylic acid groups (broad SMARTS) is 1. The van der Waals surface area contributed by atoms with E-state index in [1.54, 1.807) is 13.0 Å². The molecular formula is C11H10N2O4. The van der Waals surface area contributed by atoms with E-state index in [-0.39, 0.29) is 18.0 Å². The van der Waals surface area contributed by atoms with Gasteiger partial charge in [-0.3, -0.25) is 14.4 Å². The van der Waals surface area contributed by atoms with Crippen molar-refractivity contribution in [1.82, 2.24) is 4.90 Å². The number of hydrogen-bond acceptors (Lipinski definition) is 4. The Hall–Kier alpha value is -2.16. The van der Waals surface area contributed by atoms with Gasteiger partial charge < -0.3 is 5.11 Å². The molecule has 0 aromatic heterocycles. The summed E-state index contributed by atoms with van der Waals surface area (Å²) in [6.07, 6.45) is 1.23. The number of aliphatic carboxylic acids is 1. The van der Waals surface area contributed by atoms with Crippen molar-refractivity contribution in [3.05, 3.63) is 11.8 Å². The maximum atomic E-state index is 11.9. The van der Waals surface area contributed by atoms with Gasteiger partial charge in [0.2, 0.25) is 11.8 Å². The van der Waals surface area contributed by atoms with Crippen molar-refractivity contribution in [2.24, 2.45) is 11.3 Å². The molecule has 17 heavy (non-hydrogen) atoms. The number of carbonyl (C=O) groups excluding carboxylic acids is 2. The zero-order valence-corrected chi connectivity index (χ0v) is 9.14. The van der Waals surface area contributed by atoms with Gasteiger partial charge in [-0.1, -0.05) is 0 Å². The van der Waals surface area contributed by atoms with Gasteiger partial charge in [0.15, 0.2) is 0 Å². The Morgan fingerprint density at radius 3 is 2.76 bits per heavy atom. The zero-order valence-electron chi connectivity index (χ0n) is 9.14. The van der Waals surface area contributed by atoms with Gasteiger partial charge in [-0.25, -0.2) is 4.90 Å². The maximum Gasteiger partial charge on any atom is 0.307 e. The largest absolute Gasteiger partial charge is 0.481 e. The molecule has 1 saturated heterocycles. The molecule has 88 valence electrons. The van der Waals surface area contributed by atoms with Gasteiger partial charge >= 0.3 is 5.97 Å². The van der Waals surface area contributed by atoms with E-state index >= 15 is 0 Å². The molecule has 1 N–H and O–H groups in total. The van der Waals surface area contributed by atoms with E-state index in [1.165, 1.54) is 0 Å². The number of fused-ring (bicyclic) bond motifs is 1. The van der Waals surface area contributed by atoms with Crippen LogP contribution in [0.3, 0.4) is 0 Å². The molecule has 0 aromatic rings. The third kappa shape index (κ3) is 1.51. The number of hydrogen-bond donors (Lipinski definition) is 1. The summed E-state index contributed by atoms with van der Waals surface area (Å²) in [5, 5.41) is 17.4. The number of imide groups is 1. The summed E-state index contributed by atoms with van der Waals surface area (Å²) in [5.74, 6) is -2.24. The van der Waals surface area contributed by atoms with Crippen LogP contribution in [0.15, 0.2) is 11.8 Å². The first-order chi connectivity index (χ1) is 7.91. The molecule has 0 bridgehead atoms. The average Bonchev–Trinajstić information content (AvgIpc) is 2.91. The van der Waals surface area contributed by atoms with Crippen molar-refractivity contribution in [1.29, 1.82) is 5.26 Å². The van der Waals surface area contributed by atoms with Gasteiger partial charge in [0.05, 0.1) is 17.8 Å². The van der Waals surface area contributed by atoms with Crippen LogP contribution in [0.1, 0.15) is 19.8 Å². The molecule has 6 nitrogen and oxygen atoms in total. The minimum absolute atomic E-state index is 0.184. The van der Waals surface area contributed by atoms with Gasteiger partial charge in [0, 0.05) is 0 Å². The van der Waals surface area contributed by atoms with Crippen LogP contribution in [0.2, 0.25) is 0 Å². The van der Waals surface area contributed by atoms with Crippen molar-refractivity contribution in [3.63, 3.8) is 0 Å². The van der Waals surface area contributed by atoms with Crippen molar-refractivity contribution in [2.75, 3.05) is 0 Å². The molecule has 2 fully saturated rings. The van der Waals surface area contributed by atoms with Gasteiger partial charge in [0.1, 0.15) is 11.8 Å². The van der Waals surface area contributed by atoms with E-state index in [1.807, 2.05) is 0 Å². The van der Waals surface area contributed by atoms with Crippen LogP contribution in [-0.4, -0.2) is 27.8 Å². The topological polar surface area (TPSA) is 98.5 Å². The molecule has 2 aliphatic rings. The molecule has 1 heterocycles. The molecule has 0 spiro atoms. The van der Waals surface area contributed by atoms with E-state index in [4.69, 9.17) is 10.4 Å². The highest BCUT2D eigenvalue weighted by molar-refractivity contribution is 6.13.